The summed E-state index contributed by atoms with van der Waals surface area (Å²) in [6, 6.07) is 43.2. The maximum atomic E-state index is 12.7. The van der Waals surface area contributed by atoms with Crippen molar-refractivity contribution < 1.29 is 62.1 Å². The standard InChI is InChI=1S/C32H44N8O3.C18H25N3O3.C17H23N3O3.C15H19ClN6O.C14H20N2O2.C10H19N3O/c1-22-26(40-19-18-37(6)29(40)41)8-7-15-39(22)27-21-34-25(20-33)28(36-27)35-24-11-9-23(10-12-24)32(5)13-16-38(17-14-32)30(42)43-31(2,3)4;1-14-16(21-12-11-19(2)17(21)22)9-6-10-20(14)18(23)24-13-15-7-4-3-5-8-15;1-13-15(20-11-9-18-16(20)21)8-5-10-19(13)17(22)23-12-14-6-3-2-4-7-14;1-10-12(22-7-6-20(2)15(22)23)4-3-5-21(10)13-9-18-11(8-17)14(16)19-13;1-11-13(15)8-5-9-16(11)14(17)18-10-12-6-3-2-4-7-12;1-8-9(4-3-5-11-8)13-7-6-12(2)10(13)14/h9-12,21-22,26H,7-8,13-19H2,1-6H3,(H,35,36);3-5,7-8,14,16H,6,9-13H2,1-2H3;2-4,6-7,13,15H,5,8-12H2,1H3,(H,18,21);9-10,12H,3-7H2,1-2H3;2-4,6-7,11,13H,5,8-10,15H2,1H3;8-9,11H,3-7H2,1-2H3/t22-,26-;14-,16-;13-,15-;10-,12-;11-,13-;8-,9-/m111111/s1. The summed E-state index contributed by atoms with van der Waals surface area (Å²) in [6.07, 6.45) is 15.6. The number of aromatic nitrogens is 4. The third-order valence-electron chi connectivity index (χ3n) is 30.4. The van der Waals surface area contributed by atoms with E-state index >= 15 is 0 Å². The Hall–Kier alpha value is -12.9. The van der Waals surface area contributed by atoms with Crippen molar-refractivity contribution in [3.8, 4) is 12.1 Å². The second-order valence-corrected chi connectivity index (χ2v) is 41.5. The zero-order valence-corrected chi connectivity index (χ0v) is 87.7. The van der Waals surface area contributed by atoms with Gasteiger partial charge in [0.1, 0.15) is 49.2 Å². The van der Waals surface area contributed by atoms with Crippen LogP contribution in [0.3, 0.4) is 0 Å². The molecule has 0 spiro atoms. The fourth-order valence-electron chi connectivity index (χ4n) is 21.5. The third kappa shape index (κ3) is 27.8. The van der Waals surface area contributed by atoms with E-state index in [9.17, 15) is 48.4 Å². The molecule has 784 valence electrons. The first-order valence-electron chi connectivity index (χ1n) is 51.6. The SMILES string of the molecule is C[C@@H]1[C@H](N)CCCN1C(=O)OCc1ccccc1.C[C@@H]1[C@H](N2CCN(C)C2=O)CCCN1C(=O)OCc1ccccc1.C[C@@H]1[C@H](N2CCN(C)C2=O)CCCN1c1cnc(C#N)c(Cl)n1.C[C@@H]1[C@H](N2CCN(C)C2=O)CCCN1c1cnc(C#N)c(Nc2ccc(C3(C)CCN(C(=O)OC(C)(C)C)CC3)cc2)n1.C[C@@H]1[C@H](N2CCNC2=O)CCCN1C(=O)OCc1ccccc1.C[C@H]1NCCC[C@H]1N1CCN(C)C1=O. The number of piperidine rings is 7. The summed E-state index contributed by atoms with van der Waals surface area (Å²) in [6.45, 7) is 35.0. The normalized spacial score (nSPS) is 24.8. The average molecular weight is 2020 g/mol. The lowest BCUT2D eigenvalue weighted by Gasteiger charge is -2.43. The number of carbonyl (C=O) groups is 9. The molecule has 39 heteroatoms. The van der Waals surface area contributed by atoms with Crippen molar-refractivity contribution in [1.29, 1.82) is 10.5 Å². The quantitative estimate of drug-likeness (QED) is 0.0654. The number of likely N-dealkylation sites (N-methyl/N-ethyl adjacent to an activating group) is 4. The van der Waals surface area contributed by atoms with E-state index in [1.54, 1.807) is 51.6 Å². The Morgan fingerprint density at radius 1 is 0.448 bits per heavy atom. The van der Waals surface area contributed by atoms with Crippen molar-refractivity contribution in [2.24, 2.45) is 5.73 Å². The van der Waals surface area contributed by atoms with Crippen LogP contribution in [0.1, 0.15) is 193 Å². The molecule has 12 aliphatic rings. The number of hydrogen-bond acceptors (Lipinski definition) is 24. The van der Waals surface area contributed by atoms with E-state index in [0.717, 1.165) is 184 Å². The summed E-state index contributed by atoms with van der Waals surface area (Å²) in [5, 5.41) is 28.4. The Kier molecular flexibility index (Phi) is 38.2. The van der Waals surface area contributed by atoms with Crippen LogP contribution in [0, 0.1) is 22.7 Å². The number of hydrogen-bond donors (Lipinski definition) is 4. The van der Waals surface area contributed by atoms with Crippen LogP contribution in [0.25, 0.3) is 0 Å². The van der Waals surface area contributed by atoms with Crippen molar-refractivity contribution in [2.45, 2.75) is 262 Å². The number of nitrogens with one attached hydrogen (secondary N) is 3. The molecule has 145 heavy (non-hydrogen) atoms. The Labute approximate surface area is 859 Å². The van der Waals surface area contributed by atoms with Gasteiger partial charge in [-0.2, -0.15) is 10.5 Å². The molecule has 38 nitrogen and oxygen atoms in total. The molecule has 12 aliphatic heterocycles. The number of benzene rings is 4. The summed E-state index contributed by atoms with van der Waals surface area (Å²) >= 11 is 6.01. The maximum absolute atomic E-state index is 12.7. The van der Waals surface area contributed by atoms with Crippen molar-refractivity contribution in [2.75, 3.05) is 161 Å². The molecule has 0 saturated carbocycles. The fraction of sp³-hybridized carbons (Fsp3) is 0.594. The van der Waals surface area contributed by atoms with Crippen LogP contribution in [0.4, 0.5) is 66.3 Å². The Morgan fingerprint density at radius 2 is 0.834 bits per heavy atom. The van der Waals surface area contributed by atoms with E-state index in [2.05, 4.69) is 86.6 Å². The minimum Gasteiger partial charge on any atom is -0.445 e. The van der Waals surface area contributed by atoms with Crippen molar-refractivity contribution in [3.63, 3.8) is 0 Å². The monoisotopic (exact) mass is 2020 g/mol. The van der Waals surface area contributed by atoms with E-state index in [1.165, 1.54) is 12.0 Å². The van der Waals surface area contributed by atoms with Gasteiger partial charge in [-0.15, -0.1) is 0 Å². The molecular weight excluding hydrogens is 1870 g/mol. The molecule has 0 radical (unpaired) electrons. The molecule has 12 saturated heterocycles. The molecule has 0 aliphatic carbocycles. The summed E-state index contributed by atoms with van der Waals surface area (Å²) in [7, 11) is 7.38. The minimum absolute atomic E-state index is 0.0265. The Balaban J connectivity index is 0.000000151. The van der Waals surface area contributed by atoms with Crippen LogP contribution < -0.4 is 31.5 Å². The number of nitrogens with zero attached hydrogens (tertiary/aromatic N) is 21. The highest BCUT2D eigenvalue weighted by Gasteiger charge is 2.46. The van der Waals surface area contributed by atoms with Gasteiger partial charge in [0.05, 0.1) is 48.6 Å². The highest BCUT2D eigenvalue weighted by Crippen LogP contribution is 2.39. The average Bonchev–Trinajstić information content (AvgIpc) is 1.80. The maximum Gasteiger partial charge on any atom is 0.410 e. The molecule has 6 aromatic rings. The highest BCUT2D eigenvalue weighted by molar-refractivity contribution is 6.30. The first-order chi connectivity index (χ1) is 69.5. The Morgan fingerprint density at radius 3 is 1.23 bits per heavy atom. The van der Waals surface area contributed by atoms with Crippen LogP contribution in [-0.2, 0) is 44.2 Å². The van der Waals surface area contributed by atoms with Crippen molar-refractivity contribution >= 4 is 89.3 Å². The predicted octanol–water partition coefficient (Wildman–Crippen LogP) is 14.2. The molecule has 0 bridgehead atoms. The van der Waals surface area contributed by atoms with E-state index in [-0.39, 0.29) is 150 Å². The van der Waals surface area contributed by atoms with Gasteiger partial charge >= 0.3 is 54.5 Å². The van der Waals surface area contributed by atoms with Gasteiger partial charge in [-0.25, -0.2) is 63.1 Å². The van der Waals surface area contributed by atoms with Crippen LogP contribution in [0.15, 0.2) is 128 Å². The van der Waals surface area contributed by atoms with Crippen LogP contribution in [-0.4, -0.2) is 362 Å². The molecule has 14 heterocycles. The van der Waals surface area contributed by atoms with Gasteiger partial charge in [-0.3, -0.25) is 0 Å². The highest BCUT2D eigenvalue weighted by atomic mass is 35.5. The number of anilines is 4. The topological polar surface area (TPSA) is 400 Å². The van der Waals surface area contributed by atoms with Crippen LogP contribution in [0.5, 0.6) is 0 Å². The number of likely N-dealkylation sites (tertiary alicyclic amines) is 4. The molecule has 2 aromatic heterocycles. The van der Waals surface area contributed by atoms with Crippen molar-refractivity contribution in [1.82, 2.24) is 94.3 Å². The number of nitriles is 2. The predicted molar refractivity (Wildman–Crippen MR) is 553 cm³/mol. The third-order valence-corrected chi connectivity index (χ3v) is 30.7. The first-order valence-corrected chi connectivity index (χ1v) is 52.0. The lowest BCUT2D eigenvalue weighted by Crippen LogP contribution is -2.56. The van der Waals surface area contributed by atoms with E-state index in [1.807, 2.05) is 203 Å². The molecular formula is C106H150ClN25O13. The van der Waals surface area contributed by atoms with Gasteiger partial charge in [0.15, 0.2) is 22.4 Å². The molecule has 4 aromatic carbocycles. The number of rotatable bonds is 16. The number of nitrogens with two attached hydrogens (primary N) is 1. The van der Waals surface area contributed by atoms with Crippen LogP contribution >= 0.6 is 11.6 Å². The second-order valence-electron chi connectivity index (χ2n) is 41.1. The summed E-state index contributed by atoms with van der Waals surface area (Å²) in [5.74, 6) is 1.77. The summed E-state index contributed by atoms with van der Waals surface area (Å²) in [4.78, 5) is 156. The smallest absolute Gasteiger partial charge is 0.410 e. The zero-order chi connectivity index (χ0) is 104. The molecule has 12 atom stereocenters. The Bertz CT molecular complexity index is 5430. The summed E-state index contributed by atoms with van der Waals surface area (Å²) < 4.78 is 21.8. The van der Waals surface area contributed by atoms with E-state index in [0.29, 0.717) is 75.4 Å². The summed E-state index contributed by atoms with van der Waals surface area (Å²) in [5.41, 5.74) is 10.7. The van der Waals surface area contributed by atoms with E-state index < -0.39 is 5.60 Å². The number of amides is 14. The molecule has 12 fully saturated rings. The number of ether oxygens (including phenoxy) is 4. The van der Waals surface area contributed by atoms with Crippen molar-refractivity contribution in [3.05, 3.63) is 166 Å². The lowest BCUT2D eigenvalue weighted by molar-refractivity contribution is 0.0171. The molecule has 0 unspecified atom stereocenters. The number of halogens is 1. The van der Waals surface area contributed by atoms with Gasteiger partial charge in [0.25, 0.3) is 0 Å². The largest absolute Gasteiger partial charge is 0.445 e. The molecule has 14 amide bonds. The minimum atomic E-state index is -0.504. The fourth-order valence-corrected chi connectivity index (χ4v) is 21.6. The first kappa shape index (κ1) is 109. The molecule has 5 N–H and O–H groups in total. The lowest BCUT2D eigenvalue weighted by atomic mass is 9.74. The van der Waals surface area contributed by atoms with E-state index in [4.69, 9.17) is 46.5 Å². The van der Waals surface area contributed by atoms with Gasteiger partial charge in [-0.1, -0.05) is 122 Å². The number of urea groups is 5. The molecule has 18 rings (SSSR count). The van der Waals surface area contributed by atoms with Gasteiger partial charge in [-0.05, 0) is 199 Å². The second kappa shape index (κ2) is 50.7. The van der Waals surface area contributed by atoms with Crippen LogP contribution in [0.2, 0.25) is 5.15 Å². The van der Waals surface area contributed by atoms with Gasteiger partial charge in [0.2, 0.25) is 0 Å². The van der Waals surface area contributed by atoms with Gasteiger partial charge in [0, 0.05) is 181 Å². The zero-order valence-electron chi connectivity index (χ0n) is 87.0. The number of carbonyl (C=O) groups excluding carboxylic acids is 9. The van der Waals surface area contributed by atoms with Gasteiger partial charge < -0.3 is 114 Å².